The van der Waals surface area contributed by atoms with Gasteiger partial charge in [0.2, 0.25) is 0 Å². The number of aliphatic hydroxyl groups excluding tert-OH is 2. The van der Waals surface area contributed by atoms with Crippen LogP contribution in [0.5, 0.6) is 0 Å². The standard InChI is InChI=1S/C22H24ClNO4/c23-17-6-5-15(20-11-19(26)22(27)21(12-25)28-20)10-16(17)8-13-3-4-14-2-1-7-24-18(14)9-13/h3-6,9-10,19-21,24-26H,1-2,7-8,11-12H2. The molecule has 4 rings (SSSR count). The van der Waals surface area contributed by atoms with Gasteiger partial charge in [-0.15, -0.1) is 0 Å². The summed E-state index contributed by atoms with van der Waals surface area (Å²) < 4.78 is 5.71. The highest BCUT2D eigenvalue weighted by Crippen LogP contribution is 2.33. The molecule has 5 nitrogen and oxygen atoms in total. The molecule has 2 aromatic carbocycles. The number of Topliss-reactive ketones (excluding diaryl/α,β-unsaturated/α-hetero) is 1. The molecular formula is C22H24ClNO4. The molecule has 148 valence electrons. The summed E-state index contributed by atoms with van der Waals surface area (Å²) in [5, 5.41) is 23.5. The quantitative estimate of drug-likeness (QED) is 0.733. The second kappa shape index (κ2) is 8.21. The number of aryl methyl sites for hydroxylation is 1. The topological polar surface area (TPSA) is 78.8 Å². The predicted molar refractivity (Wildman–Crippen MR) is 108 cm³/mol. The first-order valence-electron chi connectivity index (χ1n) is 9.67. The minimum Gasteiger partial charge on any atom is -0.393 e. The number of ketones is 1. The second-order valence-electron chi connectivity index (χ2n) is 7.50. The van der Waals surface area contributed by atoms with E-state index in [4.69, 9.17) is 16.3 Å². The molecule has 0 spiro atoms. The number of rotatable bonds is 4. The lowest BCUT2D eigenvalue weighted by Gasteiger charge is -2.31. The second-order valence-corrected chi connectivity index (χ2v) is 7.91. The molecule has 1 saturated heterocycles. The summed E-state index contributed by atoms with van der Waals surface area (Å²) in [6, 6.07) is 12.1. The van der Waals surface area contributed by atoms with E-state index in [9.17, 15) is 15.0 Å². The average molecular weight is 402 g/mol. The van der Waals surface area contributed by atoms with Crippen LogP contribution < -0.4 is 5.32 Å². The average Bonchev–Trinajstić information content (AvgIpc) is 2.71. The van der Waals surface area contributed by atoms with Crippen molar-refractivity contribution < 1.29 is 19.7 Å². The van der Waals surface area contributed by atoms with Gasteiger partial charge < -0.3 is 20.3 Å². The van der Waals surface area contributed by atoms with Crippen LogP contribution in [0, 0.1) is 0 Å². The number of nitrogens with one attached hydrogen (secondary N) is 1. The first-order valence-corrected chi connectivity index (χ1v) is 10.0. The van der Waals surface area contributed by atoms with Crippen LogP contribution >= 0.6 is 11.6 Å². The van der Waals surface area contributed by atoms with Gasteiger partial charge in [0.1, 0.15) is 12.2 Å². The monoisotopic (exact) mass is 401 g/mol. The van der Waals surface area contributed by atoms with Gasteiger partial charge in [0.05, 0.1) is 12.7 Å². The smallest absolute Gasteiger partial charge is 0.192 e. The summed E-state index contributed by atoms with van der Waals surface area (Å²) in [6.07, 6.45) is 0.557. The van der Waals surface area contributed by atoms with Crippen molar-refractivity contribution in [2.45, 2.75) is 44.0 Å². The van der Waals surface area contributed by atoms with Gasteiger partial charge in [-0.3, -0.25) is 4.79 Å². The molecule has 3 atom stereocenters. The number of benzene rings is 2. The predicted octanol–water partition coefficient (Wildman–Crippen LogP) is 3.04. The molecule has 2 aliphatic heterocycles. The molecule has 0 bridgehead atoms. The first-order chi connectivity index (χ1) is 13.5. The summed E-state index contributed by atoms with van der Waals surface area (Å²) in [6.45, 7) is 0.563. The van der Waals surface area contributed by atoms with Crippen molar-refractivity contribution in [1.82, 2.24) is 0 Å². The van der Waals surface area contributed by atoms with E-state index in [1.165, 1.54) is 16.8 Å². The highest BCUT2D eigenvalue weighted by molar-refractivity contribution is 6.31. The molecule has 28 heavy (non-hydrogen) atoms. The van der Waals surface area contributed by atoms with Gasteiger partial charge in [-0.2, -0.15) is 0 Å². The number of halogens is 1. The highest BCUT2D eigenvalue weighted by Gasteiger charge is 2.36. The number of fused-ring (bicyclic) bond motifs is 1. The zero-order valence-corrected chi connectivity index (χ0v) is 16.3. The van der Waals surface area contributed by atoms with Crippen molar-refractivity contribution in [3.05, 3.63) is 63.7 Å². The zero-order valence-electron chi connectivity index (χ0n) is 15.5. The van der Waals surface area contributed by atoms with E-state index in [-0.39, 0.29) is 6.42 Å². The zero-order chi connectivity index (χ0) is 19.7. The molecule has 0 radical (unpaired) electrons. The fourth-order valence-corrected chi connectivity index (χ4v) is 4.15. The van der Waals surface area contributed by atoms with Crippen LogP contribution in [0.25, 0.3) is 0 Å². The minimum atomic E-state index is -1.12. The maximum atomic E-state index is 11.9. The van der Waals surface area contributed by atoms with Crippen LogP contribution in [0.15, 0.2) is 36.4 Å². The summed E-state index contributed by atoms with van der Waals surface area (Å²) in [5.74, 6) is -0.463. The number of carbonyl (C=O) groups excluding carboxylic acids is 1. The van der Waals surface area contributed by atoms with Crippen molar-refractivity contribution in [1.29, 1.82) is 0 Å². The summed E-state index contributed by atoms with van der Waals surface area (Å²) >= 11 is 6.44. The number of ether oxygens (including phenoxy) is 1. The van der Waals surface area contributed by atoms with Crippen molar-refractivity contribution in [3.8, 4) is 0 Å². The summed E-state index contributed by atoms with van der Waals surface area (Å²) in [4.78, 5) is 11.9. The van der Waals surface area contributed by atoms with Crippen LogP contribution in [-0.2, 0) is 22.4 Å². The van der Waals surface area contributed by atoms with Gasteiger partial charge in [0.15, 0.2) is 5.78 Å². The Morgan fingerprint density at radius 1 is 1.21 bits per heavy atom. The van der Waals surface area contributed by atoms with Crippen LogP contribution in [0.2, 0.25) is 5.02 Å². The Kier molecular flexibility index (Phi) is 5.69. The minimum absolute atomic E-state index is 0.180. The molecule has 3 unspecified atom stereocenters. The maximum Gasteiger partial charge on any atom is 0.192 e. The van der Waals surface area contributed by atoms with Gasteiger partial charge in [0.25, 0.3) is 0 Å². The molecule has 0 amide bonds. The highest BCUT2D eigenvalue weighted by atomic mass is 35.5. The number of hydrogen-bond acceptors (Lipinski definition) is 5. The van der Waals surface area contributed by atoms with Gasteiger partial charge in [0, 0.05) is 23.7 Å². The van der Waals surface area contributed by atoms with Crippen LogP contribution in [0.3, 0.4) is 0 Å². The Hall–Kier alpha value is -1.92. The fourth-order valence-electron chi connectivity index (χ4n) is 3.97. The molecule has 0 saturated carbocycles. The van der Waals surface area contributed by atoms with E-state index in [0.717, 1.165) is 30.5 Å². The largest absolute Gasteiger partial charge is 0.393 e. The SMILES string of the molecule is O=C1C(O)CC(c2ccc(Cl)c(Cc3ccc4c(c3)NCCC4)c2)OC1CO. The Morgan fingerprint density at radius 2 is 2.07 bits per heavy atom. The third-order valence-corrected chi connectivity index (χ3v) is 5.89. The number of hydrogen-bond donors (Lipinski definition) is 3. The summed E-state index contributed by atoms with van der Waals surface area (Å²) in [7, 11) is 0. The van der Waals surface area contributed by atoms with E-state index in [1.54, 1.807) is 0 Å². The van der Waals surface area contributed by atoms with E-state index in [0.29, 0.717) is 11.4 Å². The third kappa shape index (κ3) is 3.94. The lowest BCUT2D eigenvalue weighted by Crippen LogP contribution is -2.43. The van der Waals surface area contributed by atoms with Crippen molar-refractivity contribution in [3.63, 3.8) is 0 Å². The van der Waals surface area contributed by atoms with Crippen LogP contribution in [0.4, 0.5) is 5.69 Å². The molecular weight excluding hydrogens is 378 g/mol. The third-order valence-electron chi connectivity index (χ3n) is 5.53. The normalized spacial score (nSPS) is 24.5. The lowest BCUT2D eigenvalue weighted by atomic mass is 9.93. The fraction of sp³-hybridized carbons (Fsp3) is 0.409. The van der Waals surface area contributed by atoms with Crippen molar-refractivity contribution in [2.75, 3.05) is 18.5 Å². The molecule has 2 aliphatic rings. The summed E-state index contributed by atoms with van der Waals surface area (Å²) in [5.41, 5.74) is 5.52. The van der Waals surface area contributed by atoms with Crippen molar-refractivity contribution >= 4 is 23.1 Å². The van der Waals surface area contributed by atoms with Gasteiger partial charge >= 0.3 is 0 Å². The molecule has 1 fully saturated rings. The van der Waals surface area contributed by atoms with Crippen molar-refractivity contribution in [2.24, 2.45) is 0 Å². The van der Waals surface area contributed by atoms with E-state index < -0.39 is 30.7 Å². The Morgan fingerprint density at radius 3 is 2.89 bits per heavy atom. The Labute approximate surface area is 169 Å². The van der Waals surface area contributed by atoms with Crippen LogP contribution in [-0.4, -0.2) is 41.4 Å². The van der Waals surface area contributed by atoms with E-state index >= 15 is 0 Å². The Bertz CT molecular complexity index is 885. The number of anilines is 1. The van der Waals surface area contributed by atoms with Gasteiger partial charge in [-0.1, -0.05) is 35.9 Å². The lowest BCUT2D eigenvalue weighted by molar-refractivity contribution is -0.161. The first kappa shape index (κ1) is 19.4. The molecule has 0 aliphatic carbocycles. The van der Waals surface area contributed by atoms with Gasteiger partial charge in [-0.25, -0.2) is 0 Å². The molecule has 3 N–H and O–H groups in total. The molecule has 2 heterocycles. The molecule has 2 aromatic rings. The Balaban J connectivity index is 1.57. The number of carbonyl (C=O) groups is 1. The van der Waals surface area contributed by atoms with Crippen LogP contribution in [0.1, 0.15) is 41.2 Å². The number of aliphatic hydroxyl groups is 2. The molecule has 6 heteroatoms. The van der Waals surface area contributed by atoms with E-state index in [2.05, 4.69) is 23.5 Å². The molecule has 0 aromatic heterocycles. The van der Waals surface area contributed by atoms with Gasteiger partial charge in [-0.05, 0) is 53.6 Å². The maximum absolute atomic E-state index is 11.9. The van der Waals surface area contributed by atoms with E-state index in [1.807, 2.05) is 18.2 Å².